The van der Waals surface area contributed by atoms with Crippen molar-refractivity contribution in [3.63, 3.8) is 0 Å². The maximum Gasteiger partial charge on any atom is 0.238 e. The van der Waals surface area contributed by atoms with Crippen LogP contribution in [-0.2, 0) is 11.3 Å². The SMILES string of the molecule is O=C(NCc1ccc2c(c1)OCO2)C1CNCCN1. The average Bonchev–Trinajstić information content (AvgIpc) is 2.93. The van der Waals surface area contributed by atoms with Crippen molar-refractivity contribution in [2.45, 2.75) is 12.6 Å². The topological polar surface area (TPSA) is 71.6 Å². The number of hydrogen-bond acceptors (Lipinski definition) is 5. The summed E-state index contributed by atoms with van der Waals surface area (Å²) in [5.74, 6) is 1.52. The second-order valence-corrected chi connectivity index (χ2v) is 4.62. The molecule has 1 unspecified atom stereocenters. The summed E-state index contributed by atoms with van der Waals surface area (Å²) < 4.78 is 10.6. The molecule has 2 aliphatic heterocycles. The molecule has 2 heterocycles. The number of ether oxygens (including phenoxy) is 2. The zero-order valence-corrected chi connectivity index (χ0v) is 10.6. The van der Waals surface area contributed by atoms with E-state index in [9.17, 15) is 4.79 Å². The van der Waals surface area contributed by atoms with Crippen LogP contribution in [0, 0.1) is 0 Å². The molecule has 3 N–H and O–H groups in total. The normalized spacial score (nSPS) is 21.2. The Hall–Kier alpha value is -1.79. The first-order chi connectivity index (χ1) is 9.33. The molecule has 0 radical (unpaired) electrons. The third-order valence-electron chi connectivity index (χ3n) is 3.26. The van der Waals surface area contributed by atoms with E-state index >= 15 is 0 Å². The minimum Gasteiger partial charge on any atom is -0.454 e. The maximum atomic E-state index is 11.9. The van der Waals surface area contributed by atoms with Crippen molar-refractivity contribution in [1.82, 2.24) is 16.0 Å². The van der Waals surface area contributed by atoms with Crippen molar-refractivity contribution >= 4 is 5.91 Å². The lowest BCUT2D eigenvalue weighted by atomic mass is 10.2. The van der Waals surface area contributed by atoms with Crippen LogP contribution >= 0.6 is 0 Å². The first kappa shape index (κ1) is 12.3. The molecule has 1 fully saturated rings. The standard InChI is InChI=1S/C13H17N3O3/c17-13(10-7-14-3-4-15-10)16-6-9-1-2-11-12(5-9)19-8-18-11/h1-2,5,10,14-15H,3-4,6-8H2,(H,16,17). The van der Waals surface area contributed by atoms with Crippen LogP contribution in [0.4, 0.5) is 0 Å². The van der Waals surface area contributed by atoms with Gasteiger partial charge in [-0.1, -0.05) is 6.07 Å². The van der Waals surface area contributed by atoms with Gasteiger partial charge in [0.25, 0.3) is 0 Å². The maximum absolute atomic E-state index is 11.9. The number of amides is 1. The molecule has 3 rings (SSSR count). The number of benzene rings is 1. The third-order valence-corrected chi connectivity index (χ3v) is 3.26. The van der Waals surface area contributed by atoms with Crippen molar-refractivity contribution < 1.29 is 14.3 Å². The van der Waals surface area contributed by atoms with E-state index in [0.29, 0.717) is 13.1 Å². The predicted octanol–water partition coefficient (Wildman–Crippen LogP) is -0.407. The van der Waals surface area contributed by atoms with Crippen LogP contribution in [0.5, 0.6) is 11.5 Å². The molecule has 0 spiro atoms. The van der Waals surface area contributed by atoms with E-state index in [1.54, 1.807) is 0 Å². The lowest BCUT2D eigenvalue weighted by Crippen LogP contribution is -2.55. The Morgan fingerprint density at radius 1 is 1.32 bits per heavy atom. The number of carbonyl (C=O) groups excluding carboxylic acids is 1. The summed E-state index contributed by atoms with van der Waals surface area (Å²) in [6.45, 7) is 3.16. The Labute approximate surface area is 111 Å². The number of hydrogen-bond donors (Lipinski definition) is 3. The van der Waals surface area contributed by atoms with Gasteiger partial charge in [0.1, 0.15) is 0 Å². The summed E-state index contributed by atoms with van der Waals surface area (Å²) >= 11 is 0. The van der Waals surface area contributed by atoms with Crippen LogP contribution < -0.4 is 25.4 Å². The summed E-state index contributed by atoms with van der Waals surface area (Å²) in [7, 11) is 0. The molecular formula is C13H17N3O3. The predicted molar refractivity (Wildman–Crippen MR) is 69.1 cm³/mol. The number of nitrogens with one attached hydrogen (secondary N) is 3. The van der Waals surface area contributed by atoms with Crippen molar-refractivity contribution in [1.29, 1.82) is 0 Å². The summed E-state index contributed by atoms with van der Waals surface area (Å²) in [4.78, 5) is 11.9. The lowest BCUT2D eigenvalue weighted by molar-refractivity contribution is -0.123. The highest BCUT2D eigenvalue weighted by atomic mass is 16.7. The van der Waals surface area contributed by atoms with Gasteiger partial charge in [0.2, 0.25) is 12.7 Å². The first-order valence-corrected chi connectivity index (χ1v) is 6.43. The summed E-state index contributed by atoms with van der Waals surface area (Å²) in [6, 6.07) is 5.54. The molecule has 6 heteroatoms. The molecule has 6 nitrogen and oxygen atoms in total. The van der Waals surface area contributed by atoms with E-state index in [2.05, 4.69) is 16.0 Å². The fourth-order valence-corrected chi connectivity index (χ4v) is 2.20. The van der Waals surface area contributed by atoms with Crippen LogP contribution in [0.1, 0.15) is 5.56 Å². The van der Waals surface area contributed by atoms with Gasteiger partial charge in [-0.3, -0.25) is 4.79 Å². The molecule has 1 saturated heterocycles. The van der Waals surface area contributed by atoms with E-state index in [1.807, 2.05) is 18.2 Å². The van der Waals surface area contributed by atoms with E-state index in [0.717, 1.165) is 30.2 Å². The molecule has 102 valence electrons. The molecule has 1 atom stereocenters. The molecule has 2 aliphatic rings. The third kappa shape index (κ3) is 2.80. The molecule has 1 aromatic rings. The number of piperazine rings is 1. The van der Waals surface area contributed by atoms with Gasteiger partial charge in [-0.15, -0.1) is 0 Å². The Kier molecular flexibility index (Phi) is 3.52. The second kappa shape index (κ2) is 5.46. The van der Waals surface area contributed by atoms with Crippen molar-refractivity contribution in [2.24, 2.45) is 0 Å². The zero-order chi connectivity index (χ0) is 13.1. The van der Waals surface area contributed by atoms with Gasteiger partial charge < -0.3 is 25.4 Å². The molecule has 0 aliphatic carbocycles. The number of rotatable bonds is 3. The van der Waals surface area contributed by atoms with Crippen LogP contribution in [-0.4, -0.2) is 38.4 Å². The van der Waals surface area contributed by atoms with Crippen LogP contribution in [0.25, 0.3) is 0 Å². The Morgan fingerprint density at radius 2 is 2.21 bits per heavy atom. The molecule has 0 saturated carbocycles. The van der Waals surface area contributed by atoms with Gasteiger partial charge in [-0.2, -0.15) is 0 Å². The van der Waals surface area contributed by atoms with Crippen LogP contribution in [0.2, 0.25) is 0 Å². The van der Waals surface area contributed by atoms with Crippen LogP contribution in [0.15, 0.2) is 18.2 Å². The van der Waals surface area contributed by atoms with Crippen molar-refractivity contribution in [2.75, 3.05) is 26.4 Å². The van der Waals surface area contributed by atoms with E-state index in [1.165, 1.54) is 0 Å². The minimum atomic E-state index is -0.150. The monoisotopic (exact) mass is 263 g/mol. The number of fused-ring (bicyclic) bond motifs is 1. The fraction of sp³-hybridized carbons (Fsp3) is 0.462. The summed E-state index contributed by atoms with van der Waals surface area (Å²) in [5, 5.41) is 9.29. The summed E-state index contributed by atoms with van der Waals surface area (Å²) in [5.41, 5.74) is 1.00. The molecule has 1 aromatic carbocycles. The van der Waals surface area contributed by atoms with Gasteiger partial charge in [0.05, 0.1) is 6.04 Å². The second-order valence-electron chi connectivity index (χ2n) is 4.62. The molecule has 19 heavy (non-hydrogen) atoms. The highest BCUT2D eigenvalue weighted by Gasteiger charge is 2.20. The zero-order valence-electron chi connectivity index (χ0n) is 10.6. The molecule has 0 aromatic heterocycles. The molecule has 1 amide bonds. The Bertz CT molecular complexity index is 472. The smallest absolute Gasteiger partial charge is 0.238 e. The number of carbonyl (C=O) groups is 1. The van der Waals surface area contributed by atoms with Crippen molar-refractivity contribution in [3.05, 3.63) is 23.8 Å². The van der Waals surface area contributed by atoms with Crippen LogP contribution in [0.3, 0.4) is 0 Å². The first-order valence-electron chi connectivity index (χ1n) is 6.43. The minimum absolute atomic E-state index is 0.0184. The summed E-state index contributed by atoms with van der Waals surface area (Å²) in [6.07, 6.45) is 0. The Balaban J connectivity index is 1.55. The van der Waals surface area contributed by atoms with Gasteiger partial charge >= 0.3 is 0 Å². The molecular weight excluding hydrogens is 246 g/mol. The largest absolute Gasteiger partial charge is 0.454 e. The van der Waals surface area contributed by atoms with E-state index < -0.39 is 0 Å². The highest BCUT2D eigenvalue weighted by Crippen LogP contribution is 2.32. The van der Waals surface area contributed by atoms with Gasteiger partial charge in [-0.05, 0) is 17.7 Å². The Morgan fingerprint density at radius 3 is 3.05 bits per heavy atom. The quantitative estimate of drug-likeness (QED) is 0.692. The lowest BCUT2D eigenvalue weighted by Gasteiger charge is -2.23. The van der Waals surface area contributed by atoms with E-state index in [-0.39, 0.29) is 18.7 Å². The van der Waals surface area contributed by atoms with Crippen molar-refractivity contribution in [3.8, 4) is 11.5 Å². The van der Waals surface area contributed by atoms with E-state index in [4.69, 9.17) is 9.47 Å². The van der Waals surface area contributed by atoms with Gasteiger partial charge in [-0.25, -0.2) is 0 Å². The highest BCUT2D eigenvalue weighted by molar-refractivity contribution is 5.82. The molecule has 0 bridgehead atoms. The van der Waals surface area contributed by atoms with Gasteiger partial charge in [0, 0.05) is 26.2 Å². The van der Waals surface area contributed by atoms with Gasteiger partial charge in [0.15, 0.2) is 11.5 Å². The average molecular weight is 263 g/mol. The fourth-order valence-electron chi connectivity index (χ4n) is 2.20.